The maximum absolute atomic E-state index is 4.68. The van der Waals surface area contributed by atoms with Gasteiger partial charge in [-0.25, -0.2) is 0 Å². The molecule has 0 unspecified atom stereocenters. The van der Waals surface area contributed by atoms with Crippen molar-refractivity contribution in [3.8, 4) is 0 Å². The highest BCUT2D eigenvalue weighted by atomic mass is 15.4. The summed E-state index contributed by atoms with van der Waals surface area (Å²) in [5, 5.41) is 6.39. The third kappa shape index (κ3) is 5.41. The monoisotopic (exact) mass is 481 g/mol. The molecule has 1 fully saturated rings. The van der Waals surface area contributed by atoms with Crippen LogP contribution in [0.4, 0.5) is 17.8 Å². The number of nitrogens with one attached hydrogen (secondary N) is 2. The summed E-state index contributed by atoms with van der Waals surface area (Å²) in [6.07, 6.45) is 5.81. The molecule has 7 heteroatoms. The van der Waals surface area contributed by atoms with Gasteiger partial charge in [-0.15, -0.1) is 13.2 Å². The molecule has 0 spiro atoms. The first-order valence-corrected chi connectivity index (χ1v) is 12.8. The van der Waals surface area contributed by atoms with E-state index in [0.717, 1.165) is 45.6 Å². The highest BCUT2D eigenvalue weighted by Crippen LogP contribution is 2.35. The second kappa shape index (κ2) is 11.4. The van der Waals surface area contributed by atoms with Crippen LogP contribution in [0.25, 0.3) is 0 Å². The fourth-order valence-corrected chi connectivity index (χ4v) is 5.22. The standard InChI is InChI=1S/C29H35N7/c1-3-15-30-27-32-28(31-16-4-2)34-29(33-27)36-19-17-35(18-20-36)21-26-24-11-7-5-9-22(24)13-14-23-10-6-8-12-25(23)26/h3-12,26H,1-2,13-21H2,(H2,30,31,32,33,34). The van der Waals surface area contributed by atoms with Gasteiger partial charge in [-0.3, -0.25) is 4.90 Å². The van der Waals surface area contributed by atoms with Gasteiger partial charge in [-0.05, 0) is 35.1 Å². The lowest BCUT2D eigenvalue weighted by Gasteiger charge is -2.37. The number of rotatable bonds is 9. The first-order chi connectivity index (χ1) is 17.7. The number of hydrogen-bond acceptors (Lipinski definition) is 7. The molecule has 186 valence electrons. The predicted molar refractivity (Wildman–Crippen MR) is 148 cm³/mol. The van der Waals surface area contributed by atoms with E-state index < -0.39 is 0 Å². The third-order valence-electron chi connectivity index (χ3n) is 7.05. The van der Waals surface area contributed by atoms with Crippen LogP contribution >= 0.6 is 0 Å². The van der Waals surface area contributed by atoms with Crippen molar-refractivity contribution >= 4 is 17.8 Å². The Morgan fingerprint density at radius 2 is 1.28 bits per heavy atom. The summed E-state index contributed by atoms with van der Waals surface area (Å²) < 4.78 is 0. The molecule has 1 saturated heterocycles. The topological polar surface area (TPSA) is 69.2 Å². The molecule has 1 aliphatic carbocycles. The maximum Gasteiger partial charge on any atom is 0.232 e. The van der Waals surface area contributed by atoms with E-state index in [4.69, 9.17) is 0 Å². The van der Waals surface area contributed by atoms with Gasteiger partial charge in [0.25, 0.3) is 0 Å². The normalized spacial score (nSPS) is 15.9. The molecule has 0 amide bonds. The lowest BCUT2D eigenvalue weighted by Crippen LogP contribution is -2.48. The van der Waals surface area contributed by atoms with Crippen LogP contribution < -0.4 is 15.5 Å². The Hall–Kier alpha value is -3.71. The Bertz CT molecular complexity index is 1120. The Morgan fingerprint density at radius 3 is 1.81 bits per heavy atom. The summed E-state index contributed by atoms with van der Waals surface area (Å²) >= 11 is 0. The molecule has 2 aliphatic rings. The van der Waals surface area contributed by atoms with Gasteiger partial charge in [0.05, 0.1) is 0 Å². The van der Waals surface area contributed by atoms with Gasteiger partial charge in [-0.1, -0.05) is 60.7 Å². The van der Waals surface area contributed by atoms with Crippen molar-refractivity contribution in [1.82, 2.24) is 19.9 Å². The van der Waals surface area contributed by atoms with E-state index in [9.17, 15) is 0 Å². The number of anilines is 3. The Kier molecular flexibility index (Phi) is 7.57. The smallest absolute Gasteiger partial charge is 0.232 e. The van der Waals surface area contributed by atoms with Crippen molar-refractivity contribution in [3.05, 3.63) is 96.1 Å². The second-order valence-corrected chi connectivity index (χ2v) is 9.36. The number of benzene rings is 2. The van der Waals surface area contributed by atoms with Crippen molar-refractivity contribution in [2.75, 3.05) is 61.3 Å². The van der Waals surface area contributed by atoms with E-state index in [2.05, 4.69) is 97.1 Å². The average molecular weight is 482 g/mol. The molecule has 0 radical (unpaired) electrons. The predicted octanol–water partition coefficient (Wildman–Crippen LogP) is 4.12. The molecule has 2 heterocycles. The summed E-state index contributed by atoms with van der Waals surface area (Å²) in [4.78, 5) is 18.7. The lowest BCUT2D eigenvalue weighted by atomic mass is 9.87. The van der Waals surface area contributed by atoms with E-state index >= 15 is 0 Å². The van der Waals surface area contributed by atoms with Gasteiger partial charge in [0, 0.05) is 51.7 Å². The summed E-state index contributed by atoms with van der Waals surface area (Å²) in [5.74, 6) is 2.21. The van der Waals surface area contributed by atoms with E-state index in [1.54, 1.807) is 12.2 Å². The van der Waals surface area contributed by atoms with Crippen LogP contribution in [0.15, 0.2) is 73.8 Å². The summed E-state index contributed by atoms with van der Waals surface area (Å²) in [5.41, 5.74) is 5.94. The Balaban J connectivity index is 1.31. The summed E-state index contributed by atoms with van der Waals surface area (Å²) in [6, 6.07) is 18.0. The number of aryl methyl sites for hydroxylation is 2. The van der Waals surface area contributed by atoms with Crippen LogP contribution in [-0.2, 0) is 12.8 Å². The van der Waals surface area contributed by atoms with Gasteiger partial charge >= 0.3 is 0 Å². The van der Waals surface area contributed by atoms with Crippen molar-refractivity contribution in [3.63, 3.8) is 0 Å². The van der Waals surface area contributed by atoms with Crippen molar-refractivity contribution in [2.24, 2.45) is 0 Å². The van der Waals surface area contributed by atoms with Gasteiger partial charge in [-0.2, -0.15) is 15.0 Å². The highest BCUT2D eigenvalue weighted by Gasteiger charge is 2.28. The molecule has 1 aliphatic heterocycles. The minimum absolute atomic E-state index is 0.396. The molecule has 5 rings (SSSR count). The largest absolute Gasteiger partial charge is 0.351 e. The number of hydrogen-bond donors (Lipinski definition) is 2. The van der Waals surface area contributed by atoms with Gasteiger partial charge in [0.15, 0.2) is 0 Å². The number of fused-ring (bicyclic) bond motifs is 2. The fraction of sp³-hybridized carbons (Fsp3) is 0.345. The lowest BCUT2D eigenvalue weighted by molar-refractivity contribution is 0.249. The van der Waals surface area contributed by atoms with Crippen LogP contribution in [0.3, 0.4) is 0 Å². The number of piperazine rings is 1. The molecule has 1 aromatic heterocycles. The minimum Gasteiger partial charge on any atom is -0.351 e. The van der Waals surface area contributed by atoms with Crippen LogP contribution in [0.2, 0.25) is 0 Å². The Morgan fingerprint density at radius 1 is 0.750 bits per heavy atom. The zero-order valence-electron chi connectivity index (χ0n) is 20.9. The zero-order chi connectivity index (χ0) is 24.7. The van der Waals surface area contributed by atoms with Gasteiger partial charge in [0.1, 0.15) is 0 Å². The molecular weight excluding hydrogens is 446 g/mol. The zero-order valence-corrected chi connectivity index (χ0v) is 20.9. The van der Waals surface area contributed by atoms with Crippen molar-refractivity contribution in [2.45, 2.75) is 18.8 Å². The Labute approximate surface area is 214 Å². The average Bonchev–Trinajstić information content (AvgIpc) is 3.08. The second-order valence-electron chi connectivity index (χ2n) is 9.36. The van der Waals surface area contributed by atoms with Crippen LogP contribution in [-0.4, -0.2) is 65.7 Å². The minimum atomic E-state index is 0.396. The highest BCUT2D eigenvalue weighted by molar-refractivity contribution is 5.46. The molecule has 3 aromatic rings. The van der Waals surface area contributed by atoms with Crippen molar-refractivity contribution < 1.29 is 0 Å². The third-order valence-corrected chi connectivity index (χ3v) is 7.05. The fourth-order valence-electron chi connectivity index (χ4n) is 5.22. The quantitative estimate of drug-likeness (QED) is 0.446. The first kappa shape index (κ1) is 24.0. The first-order valence-electron chi connectivity index (χ1n) is 12.8. The van der Waals surface area contributed by atoms with Gasteiger partial charge < -0.3 is 15.5 Å². The van der Waals surface area contributed by atoms with E-state index in [1.165, 1.54) is 22.3 Å². The molecule has 7 nitrogen and oxygen atoms in total. The molecule has 2 N–H and O–H groups in total. The van der Waals surface area contributed by atoms with E-state index in [-0.39, 0.29) is 0 Å². The summed E-state index contributed by atoms with van der Waals surface area (Å²) in [6.45, 7) is 13.5. The molecule has 0 bridgehead atoms. The molecular formula is C29H35N7. The molecule has 0 atom stereocenters. The van der Waals surface area contributed by atoms with Gasteiger partial charge in [0.2, 0.25) is 17.8 Å². The maximum atomic E-state index is 4.68. The number of aromatic nitrogens is 3. The van der Waals surface area contributed by atoms with Crippen LogP contribution in [0.5, 0.6) is 0 Å². The van der Waals surface area contributed by atoms with E-state index in [1.807, 2.05) is 0 Å². The molecule has 0 saturated carbocycles. The molecule has 2 aromatic carbocycles. The van der Waals surface area contributed by atoms with Crippen LogP contribution in [0.1, 0.15) is 28.2 Å². The van der Waals surface area contributed by atoms with Crippen LogP contribution in [0, 0.1) is 0 Å². The van der Waals surface area contributed by atoms with Crippen molar-refractivity contribution in [1.29, 1.82) is 0 Å². The SMILES string of the molecule is C=CCNc1nc(NCC=C)nc(N2CCN(CC3c4ccccc4CCc4ccccc43)CC2)n1. The summed E-state index contributed by atoms with van der Waals surface area (Å²) in [7, 11) is 0. The molecule has 36 heavy (non-hydrogen) atoms. The number of nitrogens with zero attached hydrogens (tertiary/aromatic N) is 5. The van der Waals surface area contributed by atoms with E-state index in [0.29, 0.717) is 36.9 Å².